The van der Waals surface area contributed by atoms with Gasteiger partial charge in [0.15, 0.2) is 0 Å². The topological polar surface area (TPSA) is 32.3 Å². The van der Waals surface area contributed by atoms with Crippen LogP contribution in [0.5, 0.6) is 0 Å². The average molecular weight is 280 g/mol. The maximum Gasteiger partial charge on any atom is 0.241 e. The van der Waals surface area contributed by atoms with Gasteiger partial charge in [0.2, 0.25) is 5.91 Å². The van der Waals surface area contributed by atoms with Crippen LogP contribution in [0.2, 0.25) is 0 Å². The number of carbonyl (C=O) groups excluding carboxylic acids is 1. The Hall–Kier alpha value is -0.570. The summed E-state index contributed by atoms with van der Waals surface area (Å²) in [6, 6.07) is 0.0231. The molecular weight excluding hydrogens is 248 g/mol. The van der Waals surface area contributed by atoms with Crippen molar-refractivity contribution in [3.63, 3.8) is 0 Å². The summed E-state index contributed by atoms with van der Waals surface area (Å²) in [5, 5.41) is 3.56. The molecule has 2 rings (SSSR count). The number of hydrogen-bond donors (Lipinski definition) is 1. The molecule has 0 aromatic carbocycles. The zero-order valence-corrected chi connectivity index (χ0v) is 14.3. The van der Waals surface area contributed by atoms with Crippen molar-refractivity contribution in [2.24, 2.45) is 22.7 Å². The van der Waals surface area contributed by atoms with E-state index < -0.39 is 0 Å². The molecule has 1 aliphatic carbocycles. The molecule has 1 aliphatic heterocycles. The molecule has 3 unspecified atom stereocenters. The Kier molecular flexibility index (Phi) is 3.96. The molecule has 1 saturated heterocycles. The Labute approximate surface area is 124 Å². The Morgan fingerprint density at radius 2 is 1.75 bits per heavy atom. The lowest BCUT2D eigenvalue weighted by atomic mass is 9.99. The zero-order valence-electron chi connectivity index (χ0n) is 14.3. The molecule has 1 N–H and O–H groups in total. The second-order valence-electron chi connectivity index (χ2n) is 7.94. The minimum absolute atomic E-state index is 0.0231. The van der Waals surface area contributed by atoms with Crippen LogP contribution in [0.1, 0.15) is 61.3 Å². The van der Waals surface area contributed by atoms with Crippen molar-refractivity contribution >= 4 is 5.91 Å². The van der Waals surface area contributed by atoms with Crippen LogP contribution in [0.25, 0.3) is 0 Å². The minimum Gasteiger partial charge on any atom is -0.325 e. The van der Waals surface area contributed by atoms with E-state index in [1.165, 1.54) is 0 Å². The normalized spacial score (nSPS) is 33.5. The van der Waals surface area contributed by atoms with Gasteiger partial charge in [-0.2, -0.15) is 0 Å². The highest BCUT2D eigenvalue weighted by atomic mass is 16.2. The minimum atomic E-state index is 0.0231. The summed E-state index contributed by atoms with van der Waals surface area (Å²) in [5.41, 5.74) is 0.695. The summed E-state index contributed by atoms with van der Waals surface area (Å²) in [4.78, 5) is 14.8. The Bertz CT molecular complexity index is 374. The summed E-state index contributed by atoms with van der Waals surface area (Å²) in [5.74, 6) is 1.36. The quantitative estimate of drug-likeness (QED) is 0.838. The maximum absolute atomic E-state index is 12.7. The Morgan fingerprint density at radius 3 is 2.15 bits per heavy atom. The van der Waals surface area contributed by atoms with Crippen LogP contribution in [-0.4, -0.2) is 29.6 Å². The van der Waals surface area contributed by atoms with Gasteiger partial charge in [-0.15, -0.1) is 0 Å². The highest BCUT2D eigenvalue weighted by molar-refractivity contribution is 5.84. The molecule has 116 valence electrons. The van der Waals surface area contributed by atoms with Crippen LogP contribution in [0, 0.1) is 22.7 Å². The fourth-order valence-corrected chi connectivity index (χ4v) is 3.89. The fraction of sp³-hybridized carbons (Fsp3) is 0.941. The van der Waals surface area contributed by atoms with Crippen molar-refractivity contribution in [2.75, 3.05) is 6.54 Å². The first-order valence-electron chi connectivity index (χ1n) is 8.25. The Morgan fingerprint density at radius 1 is 1.20 bits per heavy atom. The molecule has 0 radical (unpaired) electrons. The number of carbonyl (C=O) groups is 1. The van der Waals surface area contributed by atoms with E-state index in [-0.39, 0.29) is 12.2 Å². The molecule has 2 aliphatic rings. The predicted molar refractivity (Wildman–Crippen MR) is 83.2 cm³/mol. The van der Waals surface area contributed by atoms with E-state index in [1.807, 2.05) is 0 Å². The van der Waals surface area contributed by atoms with Crippen LogP contribution in [0.3, 0.4) is 0 Å². The second-order valence-corrected chi connectivity index (χ2v) is 7.94. The highest BCUT2D eigenvalue weighted by Gasteiger charge is 2.65. The molecule has 2 fully saturated rings. The van der Waals surface area contributed by atoms with Crippen molar-refractivity contribution in [1.29, 1.82) is 0 Å². The van der Waals surface area contributed by atoms with E-state index in [2.05, 4.69) is 58.7 Å². The molecule has 0 aromatic heterocycles. The van der Waals surface area contributed by atoms with E-state index in [0.717, 1.165) is 19.4 Å². The number of hydrogen-bond acceptors (Lipinski definition) is 2. The van der Waals surface area contributed by atoms with Gasteiger partial charge >= 0.3 is 0 Å². The second kappa shape index (κ2) is 5.01. The third-order valence-electron chi connectivity index (χ3n) is 6.60. The van der Waals surface area contributed by atoms with Crippen LogP contribution >= 0.6 is 0 Å². The van der Waals surface area contributed by atoms with Crippen molar-refractivity contribution in [1.82, 2.24) is 10.2 Å². The van der Waals surface area contributed by atoms with Crippen LogP contribution < -0.4 is 5.32 Å². The van der Waals surface area contributed by atoms with Gasteiger partial charge < -0.3 is 4.90 Å². The van der Waals surface area contributed by atoms with Gasteiger partial charge in [-0.25, -0.2) is 0 Å². The summed E-state index contributed by atoms with van der Waals surface area (Å²) in [6.07, 6.45) is 2.27. The maximum atomic E-state index is 12.7. The van der Waals surface area contributed by atoms with Crippen molar-refractivity contribution in [3.8, 4) is 0 Å². The summed E-state index contributed by atoms with van der Waals surface area (Å²) in [6.45, 7) is 16.7. The third kappa shape index (κ3) is 2.18. The van der Waals surface area contributed by atoms with Gasteiger partial charge in [-0.3, -0.25) is 10.1 Å². The van der Waals surface area contributed by atoms with Crippen molar-refractivity contribution in [3.05, 3.63) is 0 Å². The van der Waals surface area contributed by atoms with Gasteiger partial charge in [-0.1, -0.05) is 54.9 Å². The lowest BCUT2D eigenvalue weighted by Gasteiger charge is -2.24. The third-order valence-corrected chi connectivity index (χ3v) is 6.60. The molecule has 0 bridgehead atoms. The van der Waals surface area contributed by atoms with E-state index in [9.17, 15) is 4.79 Å². The molecule has 1 heterocycles. The molecular formula is C17H32N2O. The average Bonchev–Trinajstić information content (AvgIpc) is 2.67. The summed E-state index contributed by atoms with van der Waals surface area (Å²) < 4.78 is 0. The molecule has 3 heteroatoms. The summed E-state index contributed by atoms with van der Waals surface area (Å²) >= 11 is 0. The van der Waals surface area contributed by atoms with E-state index in [0.29, 0.717) is 28.6 Å². The number of nitrogens with zero attached hydrogens (tertiary/aromatic N) is 1. The van der Waals surface area contributed by atoms with Gasteiger partial charge in [0.25, 0.3) is 0 Å². The summed E-state index contributed by atoms with van der Waals surface area (Å²) in [7, 11) is 0. The van der Waals surface area contributed by atoms with Crippen LogP contribution in [-0.2, 0) is 4.79 Å². The largest absolute Gasteiger partial charge is 0.325 e. The highest BCUT2D eigenvalue weighted by Crippen LogP contribution is 2.68. The molecule has 20 heavy (non-hydrogen) atoms. The molecule has 1 saturated carbocycles. The van der Waals surface area contributed by atoms with E-state index >= 15 is 0 Å². The number of rotatable bonds is 5. The first kappa shape index (κ1) is 15.8. The van der Waals surface area contributed by atoms with Gasteiger partial charge in [0.1, 0.15) is 0 Å². The van der Waals surface area contributed by atoms with Gasteiger partial charge in [0, 0.05) is 6.54 Å². The zero-order chi connectivity index (χ0) is 15.3. The monoisotopic (exact) mass is 280 g/mol. The Balaban J connectivity index is 2.09. The fourth-order valence-electron chi connectivity index (χ4n) is 3.89. The standard InChI is InChI=1S/C17H32N2O/c1-8-11(3)14-15(20)19(13(9-2)18-14)10-12-16(4,5)17(12,6)7/h11-14,18H,8-10H2,1-7H3. The number of nitrogens with one attached hydrogen (secondary N) is 1. The lowest BCUT2D eigenvalue weighted by Crippen LogP contribution is -2.38. The number of amides is 1. The van der Waals surface area contributed by atoms with Crippen molar-refractivity contribution < 1.29 is 4.79 Å². The smallest absolute Gasteiger partial charge is 0.241 e. The van der Waals surface area contributed by atoms with Gasteiger partial charge in [0.05, 0.1) is 12.2 Å². The van der Waals surface area contributed by atoms with Crippen molar-refractivity contribution in [2.45, 2.75) is 73.5 Å². The van der Waals surface area contributed by atoms with Crippen LogP contribution in [0.4, 0.5) is 0 Å². The first-order valence-corrected chi connectivity index (χ1v) is 8.25. The molecule has 0 aromatic rings. The molecule has 0 spiro atoms. The molecule has 1 amide bonds. The molecule has 3 atom stereocenters. The van der Waals surface area contributed by atoms with Crippen LogP contribution in [0.15, 0.2) is 0 Å². The lowest BCUT2D eigenvalue weighted by molar-refractivity contribution is -0.131. The SMILES string of the molecule is CCC(C)C1NC(CC)N(CC2C(C)(C)C2(C)C)C1=O. The van der Waals surface area contributed by atoms with E-state index in [4.69, 9.17) is 0 Å². The predicted octanol–water partition coefficient (Wildman–Crippen LogP) is 3.25. The van der Waals surface area contributed by atoms with E-state index in [1.54, 1.807) is 0 Å². The first-order chi connectivity index (χ1) is 9.18. The molecule has 3 nitrogen and oxygen atoms in total. The van der Waals surface area contributed by atoms with Gasteiger partial charge in [-0.05, 0) is 29.1 Å².